The Morgan fingerprint density at radius 2 is 2.11 bits per heavy atom. The van der Waals surface area contributed by atoms with Crippen LogP contribution in [0.2, 0.25) is 0 Å². The smallest absolute Gasteiger partial charge is 0.232 e. The second-order valence-corrected chi connectivity index (χ2v) is 5.66. The van der Waals surface area contributed by atoms with E-state index in [1.807, 2.05) is 0 Å². The second kappa shape index (κ2) is 5.80. The number of carbonyl (C=O) groups excluding carboxylic acids is 3. The van der Waals surface area contributed by atoms with Crippen molar-refractivity contribution in [3.63, 3.8) is 0 Å². The molecule has 3 atom stereocenters. The van der Waals surface area contributed by atoms with E-state index in [-0.39, 0.29) is 24.2 Å². The maximum atomic E-state index is 14.0. The summed E-state index contributed by atoms with van der Waals surface area (Å²) in [7, 11) is 0. The normalized spacial score (nSPS) is 24.5. The first-order chi connectivity index (χ1) is 8.67. The third kappa shape index (κ3) is 3.39. The van der Waals surface area contributed by atoms with Crippen molar-refractivity contribution in [2.75, 3.05) is 6.54 Å². The summed E-state index contributed by atoms with van der Waals surface area (Å²) in [6.07, 6.45) is 1.26. The molecule has 1 rings (SSSR count). The van der Waals surface area contributed by atoms with Crippen molar-refractivity contribution in [3.8, 4) is 0 Å². The fraction of sp³-hybridized carbons (Fsp3) is 0.786. The summed E-state index contributed by atoms with van der Waals surface area (Å²) < 4.78 is 14.0. The Bertz CT molecular complexity index is 392. The predicted molar refractivity (Wildman–Crippen MR) is 69.1 cm³/mol. The molecule has 0 aromatic rings. The molecule has 5 heteroatoms. The molecule has 2 amide bonds. The van der Waals surface area contributed by atoms with Crippen LogP contribution in [0.5, 0.6) is 0 Å². The number of carbonyl (C=O) groups is 3. The maximum absolute atomic E-state index is 14.0. The largest absolute Gasteiger partial charge is 0.296 e. The van der Waals surface area contributed by atoms with E-state index >= 15 is 0 Å². The summed E-state index contributed by atoms with van der Waals surface area (Å²) in [5.41, 5.74) is -1.84. The molecular formula is C14H22FNO3. The molecule has 108 valence electrons. The van der Waals surface area contributed by atoms with Gasteiger partial charge in [0.25, 0.3) is 0 Å². The average molecular weight is 271 g/mol. The number of nitrogens with zero attached hydrogens (tertiary/aromatic N) is 1. The number of amides is 2. The standard InChI is InChI=1S/C14H22FNO3/c1-9-8-12(18)16(13(9)19)7-5-6-10(2)14(4,15)11(3)17/h9-10H,5-8H2,1-4H3. The van der Waals surface area contributed by atoms with Gasteiger partial charge in [0.1, 0.15) is 0 Å². The van der Waals surface area contributed by atoms with E-state index in [1.54, 1.807) is 13.8 Å². The van der Waals surface area contributed by atoms with Gasteiger partial charge in [-0.1, -0.05) is 13.8 Å². The highest BCUT2D eigenvalue weighted by molar-refractivity contribution is 6.03. The molecular weight excluding hydrogens is 249 g/mol. The van der Waals surface area contributed by atoms with Crippen molar-refractivity contribution in [1.82, 2.24) is 4.90 Å². The highest BCUT2D eigenvalue weighted by Crippen LogP contribution is 2.27. The number of Topliss-reactive ketones (excluding diaryl/α,β-unsaturated/α-hetero) is 1. The van der Waals surface area contributed by atoms with Crippen LogP contribution >= 0.6 is 0 Å². The Kier molecular flexibility index (Phi) is 4.82. The molecule has 0 N–H and O–H groups in total. The van der Waals surface area contributed by atoms with E-state index in [9.17, 15) is 18.8 Å². The first-order valence-electron chi connectivity index (χ1n) is 6.72. The summed E-state index contributed by atoms with van der Waals surface area (Å²) in [5, 5.41) is 0. The molecule has 1 aliphatic heterocycles. The zero-order valence-corrected chi connectivity index (χ0v) is 12.0. The van der Waals surface area contributed by atoms with Crippen molar-refractivity contribution >= 4 is 17.6 Å². The lowest BCUT2D eigenvalue weighted by molar-refractivity contribution is -0.139. The first kappa shape index (κ1) is 15.8. The lowest BCUT2D eigenvalue weighted by Gasteiger charge is -2.25. The van der Waals surface area contributed by atoms with Crippen molar-refractivity contribution in [1.29, 1.82) is 0 Å². The Hall–Kier alpha value is -1.26. The lowest BCUT2D eigenvalue weighted by Crippen LogP contribution is -2.36. The van der Waals surface area contributed by atoms with Gasteiger partial charge in [-0.15, -0.1) is 0 Å². The third-order valence-corrected chi connectivity index (χ3v) is 4.10. The van der Waals surface area contributed by atoms with Crippen molar-refractivity contribution in [2.45, 2.75) is 52.6 Å². The van der Waals surface area contributed by atoms with Gasteiger partial charge in [-0.3, -0.25) is 19.3 Å². The summed E-state index contributed by atoms with van der Waals surface area (Å²) in [6.45, 7) is 6.26. The van der Waals surface area contributed by atoms with E-state index in [0.717, 1.165) is 0 Å². The number of halogens is 1. The highest BCUT2D eigenvalue weighted by atomic mass is 19.1. The molecule has 0 saturated carbocycles. The number of alkyl halides is 1. The van der Waals surface area contributed by atoms with Gasteiger partial charge in [0.05, 0.1) is 0 Å². The number of hydrogen-bond acceptors (Lipinski definition) is 3. The highest BCUT2D eigenvalue weighted by Gasteiger charge is 2.37. The number of ketones is 1. The molecule has 1 aliphatic rings. The molecule has 0 spiro atoms. The van der Waals surface area contributed by atoms with Crippen LogP contribution in [0.4, 0.5) is 4.39 Å². The number of imide groups is 1. The van der Waals surface area contributed by atoms with Crippen molar-refractivity contribution in [2.24, 2.45) is 11.8 Å². The van der Waals surface area contributed by atoms with Crippen LogP contribution in [0.25, 0.3) is 0 Å². The molecule has 0 bridgehead atoms. The zero-order valence-electron chi connectivity index (χ0n) is 12.0. The molecule has 19 heavy (non-hydrogen) atoms. The topological polar surface area (TPSA) is 54.5 Å². The van der Waals surface area contributed by atoms with Gasteiger partial charge < -0.3 is 0 Å². The molecule has 0 radical (unpaired) electrons. The van der Waals surface area contributed by atoms with Crippen LogP contribution in [0.3, 0.4) is 0 Å². The first-order valence-corrected chi connectivity index (χ1v) is 6.72. The van der Waals surface area contributed by atoms with Gasteiger partial charge in [0.15, 0.2) is 11.5 Å². The fourth-order valence-electron chi connectivity index (χ4n) is 2.26. The third-order valence-electron chi connectivity index (χ3n) is 4.10. The van der Waals surface area contributed by atoms with E-state index in [2.05, 4.69) is 0 Å². The van der Waals surface area contributed by atoms with Gasteiger partial charge in [-0.2, -0.15) is 0 Å². The number of hydrogen-bond donors (Lipinski definition) is 0. The van der Waals surface area contributed by atoms with Gasteiger partial charge >= 0.3 is 0 Å². The Balaban J connectivity index is 2.45. The second-order valence-electron chi connectivity index (χ2n) is 5.66. The van der Waals surface area contributed by atoms with Gasteiger partial charge in [0, 0.05) is 18.9 Å². The molecule has 0 aliphatic carbocycles. The molecule has 1 fully saturated rings. The summed E-state index contributed by atoms with van der Waals surface area (Å²) in [4.78, 5) is 35.7. The van der Waals surface area contributed by atoms with Crippen LogP contribution in [0, 0.1) is 11.8 Å². The van der Waals surface area contributed by atoms with Gasteiger partial charge in [0.2, 0.25) is 11.8 Å². The molecule has 1 heterocycles. The molecule has 1 saturated heterocycles. The molecule has 0 aromatic heterocycles. The molecule has 0 aromatic carbocycles. The molecule has 3 unspecified atom stereocenters. The van der Waals surface area contributed by atoms with Gasteiger partial charge in [-0.25, -0.2) is 4.39 Å². The Morgan fingerprint density at radius 3 is 2.53 bits per heavy atom. The van der Waals surface area contributed by atoms with Crippen LogP contribution in [0.1, 0.15) is 47.0 Å². The Morgan fingerprint density at radius 1 is 1.53 bits per heavy atom. The van der Waals surface area contributed by atoms with Gasteiger partial charge in [-0.05, 0) is 32.6 Å². The van der Waals surface area contributed by atoms with Crippen LogP contribution < -0.4 is 0 Å². The summed E-state index contributed by atoms with van der Waals surface area (Å²) in [6, 6.07) is 0. The van der Waals surface area contributed by atoms with E-state index in [1.165, 1.54) is 18.7 Å². The van der Waals surface area contributed by atoms with Crippen LogP contribution in [0.15, 0.2) is 0 Å². The zero-order chi connectivity index (χ0) is 14.8. The quantitative estimate of drug-likeness (QED) is 0.695. The number of rotatable bonds is 6. The minimum Gasteiger partial charge on any atom is -0.296 e. The van der Waals surface area contributed by atoms with E-state index < -0.39 is 17.4 Å². The molecule has 4 nitrogen and oxygen atoms in total. The van der Waals surface area contributed by atoms with Crippen LogP contribution in [-0.4, -0.2) is 34.7 Å². The number of likely N-dealkylation sites (tertiary alicyclic amines) is 1. The van der Waals surface area contributed by atoms with Crippen molar-refractivity contribution in [3.05, 3.63) is 0 Å². The SMILES string of the molecule is CC(=O)C(C)(F)C(C)CCCN1C(=O)CC(C)C1=O. The monoisotopic (exact) mass is 271 g/mol. The maximum Gasteiger partial charge on any atom is 0.232 e. The minimum atomic E-state index is -1.84. The van der Waals surface area contributed by atoms with E-state index in [0.29, 0.717) is 19.4 Å². The predicted octanol–water partition coefficient (Wildman–Crippen LogP) is 2.11. The minimum absolute atomic E-state index is 0.146. The van der Waals surface area contributed by atoms with Crippen LogP contribution in [-0.2, 0) is 14.4 Å². The summed E-state index contributed by atoms with van der Waals surface area (Å²) >= 11 is 0. The van der Waals surface area contributed by atoms with Crippen molar-refractivity contribution < 1.29 is 18.8 Å². The fourth-order valence-corrected chi connectivity index (χ4v) is 2.26. The Labute approximate surface area is 113 Å². The van der Waals surface area contributed by atoms with E-state index in [4.69, 9.17) is 0 Å². The summed E-state index contributed by atoms with van der Waals surface area (Å²) in [5.74, 6) is -1.45. The lowest BCUT2D eigenvalue weighted by atomic mass is 9.86. The average Bonchev–Trinajstić information content (AvgIpc) is 2.54.